The van der Waals surface area contributed by atoms with Crippen molar-refractivity contribution in [3.8, 4) is 0 Å². The van der Waals surface area contributed by atoms with Crippen LogP contribution < -0.4 is 0 Å². The van der Waals surface area contributed by atoms with Crippen molar-refractivity contribution in [2.45, 2.75) is 19.8 Å². The average molecular weight is 202 g/mol. The second-order valence-corrected chi connectivity index (χ2v) is 4.54. The lowest BCUT2D eigenvalue weighted by Gasteiger charge is -2.12. The third-order valence-electron chi connectivity index (χ3n) is 2.60. The van der Waals surface area contributed by atoms with E-state index in [1.807, 2.05) is 0 Å². The Balaban J connectivity index is 2.28. The number of aryl methyl sites for hydroxylation is 1. The van der Waals surface area contributed by atoms with Crippen LogP contribution in [-0.4, -0.2) is 0 Å². The minimum atomic E-state index is 1.17. The molecule has 1 aromatic carbocycles. The zero-order valence-electron chi connectivity index (χ0n) is 8.46. The molecule has 0 radical (unpaired) electrons. The summed E-state index contributed by atoms with van der Waals surface area (Å²) in [5.74, 6) is 0. The second-order valence-electron chi connectivity index (χ2n) is 3.80. The minimum absolute atomic E-state index is 1.17. The van der Waals surface area contributed by atoms with Crippen molar-refractivity contribution in [3.05, 3.63) is 52.9 Å². The summed E-state index contributed by atoms with van der Waals surface area (Å²) in [4.78, 5) is 0. The molecule has 72 valence electrons. The molecule has 2 rings (SSSR count). The highest BCUT2D eigenvalue weighted by Gasteiger charge is 2.05. The molecule has 1 unspecified atom stereocenters. The normalized spacial score (nSPS) is 16.1. The van der Waals surface area contributed by atoms with E-state index in [-0.39, 0.29) is 0 Å². The summed E-state index contributed by atoms with van der Waals surface area (Å²) in [6.45, 7) is 2.12. The molecule has 1 aliphatic rings. The largest absolute Gasteiger partial charge is 0.110 e. The third kappa shape index (κ3) is 2.13. The molecular formula is C13H15P. The van der Waals surface area contributed by atoms with Crippen LogP contribution in [0.3, 0.4) is 0 Å². The maximum Gasteiger partial charge on any atom is -0.0224 e. The number of hydrogen-bond donors (Lipinski definition) is 0. The summed E-state index contributed by atoms with van der Waals surface area (Å²) in [6.07, 6.45) is 6.77. The molecule has 0 aromatic heterocycles. The number of hydrogen-bond acceptors (Lipinski definition) is 0. The van der Waals surface area contributed by atoms with E-state index in [0.29, 0.717) is 0 Å². The van der Waals surface area contributed by atoms with Gasteiger partial charge in [0.05, 0.1) is 0 Å². The molecule has 0 aliphatic heterocycles. The fourth-order valence-corrected chi connectivity index (χ4v) is 1.90. The van der Waals surface area contributed by atoms with Crippen LogP contribution in [0.25, 0.3) is 5.57 Å². The maximum absolute atomic E-state index is 2.78. The van der Waals surface area contributed by atoms with E-state index < -0.39 is 0 Å². The predicted molar refractivity (Wildman–Crippen MR) is 66.2 cm³/mol. The Kier molecular flexibility index (Phi) is 2.84. The van der Waals surface area contributed by atoms with Crippen LogP contribution in [0.15, 0.2) is 41.7 Å². The van der Waals surface area contributed by atoms with Gasteiger partial charge in [-0.2, -0.15) is 0 Å². The smallest absolute Gasteiger partial charge is 0.0224 e. The quantitative estimate of drug-likeness (QED) is 0.605. The zero-order valence-corrected chi connectivity index (χ0v) is 9.61. The van der Waals surface area contributed by atoms with Crippen molar-refractivity contribution in [1.29, 1.82) is 0 Å². The monoisotopic (exact) mass is 202 g/mol. The Morgan fingerprint density at radius 3 is 2.29 bits per heavy atom. The van der Waals surface area contributed by atoms with Crippen LogP contribution in [0.2, 0.25) is 0 Å². The van der Waals surface area contributed by atoms with Gasteiger partial charge in [0.2, 0.25) is 0 Å². The van der Waals surface area contributed by atoms with E-state index in [0.717, 1.165) is 0 Å². The first-order chi connectivity index (χ1) is 6.75. The van der Waals surface area contributed by atoms with Gasteiger partial charge in [-0.3, -0.25) is 0 Å². The molecule has 0 heterocycles. The lowest BCUT2D eigenvalue weighted by molar-refractivity contribution is 1.04. The lowest BCUT2D eigenvalue weighted by atomic mass is 9.97. The Bertz CT molecular complexity index is 382. The van der Waals surface area contributed by atoms with Crippen molar-refractivity contribution >= 4 is 14.8 Å². The molecule has 1 aliphatic carbocycles. The SMILES string of the molecule is Cc1ccc(C2=CC=C(P)CC2)cc1. The molecule has 0 bridgehead atoms. The molecule has 0 nitrogen and oxygen atoms in total. The van der Waals surface area contributed by atoms with Gasteiger partial charge in [0.1, 0.15) is 0 Å². The molecule has 0 N–H and O–H groups in total. The molecule has 1 aromatic rings. The van der Waals surface area contributed by atoms with Crippen molar-refractivity contribution < 1.29 is 0 Å². The molecule has 1 atom stereocenters. The van der Waals surface area contributed by atoms with Crippen molar-refractivity contribution in [2.24, 2.45) is 0 Å². The van der Waals surface area contributed by atoms with Crippen LogP contribution in [0, 0.1) is 6.92 Å². The van der Waals surface area contributed by atoms with Crippen LogP contribution in [0.1, 0.15) is 24.0 Å². The van der Waals surface area contributed by atoms with Crippen LogP contribution in [0.4, 0.5) is 0 Å². The van der Waals surface area contributed by atoms with E-state index in [1.165, 1.54) is 34.9 Å². The predicted octanol–water partition coefficient (Wildman–Crippen LogP) is 3.93. The fraction of sp³-hybridized carbons (Fsp3) is 0.231. The topological polar surface area (TPSA) is 0 Å². The molecule has 0 spiro atoms. The van der Waals surface area contributed by atoms with Crippen LogP contribution >= 0.6 is 9.24 Å². The van der Waals surface area contributed by atoms with Crippen molar-refractivity contribution in [3.63, 3.8) is 0 Å². The molecular weight excluding hydrogens is 187 g/mol. The Labute approximate surface area is 87.9 Å². The Morgan fingerprint density at radius 2 is 1.71 bits per heavy atom. The van der Waals surface area contributed by atoms with Gasteiger partial charge in [0, 0.05) is 0 Å². The average Bonchev–Trinajstić information content (AvgIpc) is 2.21. The first kappa shape index (κ1) is 9.68. The highest BCUT2D eigenvalue weighted by atomic mass is 31.0. The molecule has 0 saturated carbocycles. The van der Waals surface area contributed by atoms with Gasteiger partial charge >= 0.3 is 0 Å². The summed E-state index contributed by atoms with van der Waals surface area (Å²) in [5.41, 5.74) is 4.15. The number of benzene rings is 1. The van der Waals surface area contributed by atoms with Gasteiger partial charge < -0.3 is 0 Å². The lowest BCUT2D eigenvalue weighted by Crippen LogP contribution is -1.89. The van der Waals surface area contributed by atoms with E-state index >= 15 is 0 Å². The maximum atomic E-state index is 2.78. The molecule has 1 heteroatoms. The summed E-state index contributed by atoms with van der Waals surface area (Å²) in [6, 6.07) is 8.78. The minimum Gasteiger partial charge on any atom is -0.110 e. The number of allylic oxidation sites excluding steroid dienone is 4. The summed E-state index contributed by atoms with van der Waals surface area (Å²) in [5, 5.41) is 1.40. The highest BCUT2D eigenvalue weighted by molar-refractivity contribution is 7.22. The van der Waals surface area contributed by atoms with Gasteiger partial charge in [-0.05, 0) is 30.9 Å². The second kappa shape index (κ2) is 4.11. The van der Waals surface area contributed by atoms with Gasteiger partial charge in [-0.1, -0.05) is 47.3 Å². The van der Waals surface area contributed by atoms with E-state index in [9.17, 15) is 0 Å². The van der Waals surface area contributed by atoms with E-state index in [4.69, 9.17) is 0 Å². The van der Waals surface area contributed by atoms with Crippen LogP contribution in [0.5, 0.6) is 0 Å². The first-order valence-corrected chi connectivity index (χ1v) is 5.56. The zero-order chi connectivity index (χ0) is 9.97. The third-order valence-corrected chi connectivity index (χ3v) is 3.09. The van der Waals surface area contributed by atoms with Gasteiger partial charge in [0.25, 0.3) is 0 Å². The summed E-state index contributed by atoms with van der Waals surface area (Å²) < 4.78 is 0. The summed E-state index contributed by atoms with van der Waals surface area (Å²) in [7, 11) is 2.78. The molecule has 0 amide bonds. The van der Waals surface area contributed by atoms with Crippen LogP contribution in [-0.2, 0) is 0 Å². The molecule has 14 heavy (non-hydrogen) atoms. The number of rotatable bonds is 1. The van der Waals surface area contributed by atoms with Gasteiger partial charge in [-0.25, -0.2) is 0 Å². The molecule has 0 saturated heterocycles. The van der Waals surface area contributed by atoms with Crippen molar-refractivity contribution in [1.82, 2.24) is 0 Å². The molecule has 0 fully saturated rings. The first-order valence-electron chi connectivity index (χ1n) is 4.98. The van der Waals surface area contributed by atoms with Gasteiger partial charge in [0.15, 0.2) is 0 Å². The van der Waals surface area contributed by atoms with Crippen molar-refractivity contribution in [2.75, 3.05) is 0 Å². The van der Waals surface area contributed by atoms with Gasteiger partial charge in [-0.15, -0.1) is 9.24 Å². The highest BCUT2D eigenvalue weighted by Crippen LogP contribution is 2.29. The Hall–Kier alpha value is -0.870. The Morgan fingerprint density at radius 1 is 1.00 bits per heavy atom. The fourth-order valence-electron chi connectivity index (χ4n) is 1.66. The standard InChI is InChI=1S/C13H15P/c1-10-2-4-11(5-3-10)12-6-8-13(14)9-7-12/h2-6,8H,7,9,14H2,1H3. The van der Waals surface area contributed by atoms with E-state index in [1.54, 1.807) is 0 Å². The van der Waals surface area contributed by atoms with E-state index in [2.05, 4.69) is 52.6 Å². The summed E-state index contributed by atoms with van der Waals surface area (Å²) >= 11 is 0.